The number of nitrogens with zero attached hydrogens (tertiary/aromatic N) is 1. The number of rotatable bonds is 4. The molecule has 0 spiro atoms. The molecule has 1 aromatic carbocycles. The molecule has 1 aliphatic rings. The number of carbonyl (C=O) groups is 1. The number of sulfonamides is 1. The van der Waals surface area contributed by atoms with Gasteiger partial charge in [0.2, 0.25) is 15.9 Å². The molecule has 2 rings (SSSR count). The van der Waals surface area contributed by atoms with Gasteiger partial charge in [-0.05, 0) is 37.5 Å². The van der Waals surface area contributed by atoms with Gasteiger partial charge in [-0.1, -0.05) is 6.07 Å². The zero-order chi connectivity index (χ0) is 14.8. The number of nitrogens with one attached hydrogen (secondary N) is 1. The fourth-order valence-electron chi connectivity index (χ4n) is 2.23. The van der Waals surface area contributed by atoms with Gasteiger partial charge in [0, 0.05) is 18.7 Å². The van der Waals surface area contributed by atoms with Gasteiger partial charge in [-0.2, -0.15) is 0 Å². The lowest BCUT2D eigenvalue weighted by Gasteiger charge is -2.28. The second-order valence-corrected chi connectivity index (χ2v) is 7.14. The molecule has 5 nitrogen and oxygen atoms in total. The van der Waals surface area contributed by atoms with Gasteiger partial charge in [-0.25, -0.2) is 8.42 Å². The summed E-state index contributed by atoms with van der Waals surface area (Å²) in [6, 6.07) is 5.14. The largest absolute Gasteiger partial charge is 0.312 e. The molecular formula is C13H17ClN2O3S. The van der Waals surface area contributed by atoms with Crippen molar-refractivity contribution in [2.75, 3.05) is 21.4 Å². The summed E-state index contributed by atoms with van der Waals surface area (Å²) in [5.41, 5.74) is 2.11. The number of amides is 1. The molecule has 0 atom stereocenters. The van der Waals surface area contributed by atoms with Crippen LogP contribution >= 0.6 is 11.6 Å². The lowest BCUT2D eigenvalue weighted by Crippen LogP contribution is -2.35. The molecule has 20 heavy (non-hydrogen) atoms. The van der Waals surface area contributed by atoms with Crippen molar-refractivity contribution in [3.05, 3.63) is 23.8 Å². The van der Waals surface area contributed by atoms with Crippen molar-refractivity contribution in [3.63, 3.8) is 0 Å². The first-order chi connectivity index (χ1) is 9.43. The number of anilines is 2. The summed E-state index contributed by atoms with van der Waals surface area (Å²) in [4.78, 5) is 13.7. The van der Waals surface area contributed by atoms with Crippen molar-refractivity contribution in [1.82, 2.24) is 0 Å². The predicted octanol–water partition coefficient (Wildman–Crippen LogP) is 2.45. The average molecular weight is 317 g/mol. The SMILES string of the molecule is Cc1ccc(NS(=O)(=O)CCl)cc1N1CCCCC1=O. The van der Waals surface area contributed by atoms with Gasteiger partial charge in [0.15, 0.2) is 0 Å². The van der Waals surface area contributed by atoms with Crippen LogP contribution in [0.25, 0.3) is 0 Å². The molecule has 1 N–H and O–H groups in total. The van der Waals surface area contributed by atoms with Gasteiger partial charge in [-0.3, -0.25) is 9.52 Å². The van der Waals surface area contributed by atoms with Crippen molar-refractivity contribution >= 4 is 38.9 Å². The highest BCUT2D eigenvalue weighted by Crippen LogP contribution is 2.28. The third-order valence-electron chi connectivity index (χ3n) is 3.24. The van der Waals surface area contributed by atoms with Crippen molar-refractivity contribution in [1.29, 1.82) is 0 Å². The Morgan fingerprint density at radius 2 is 2.10 bits per heavy atom. The maximum absolute atomic E-state index is 12.0. The van der Waals surface area contributed by atoms with Crippen LogP contribution < -0.4 is 9.62 Å². The van der Waals surface area contributed by atoms with Crippen LogP contribution in [0.5, 0.6) is 0 Å². The lowest BCUT2D eigenvalue weighted by molar-refractivity contribution is -0.119. The highest BCUT2D eigenvalue weighted by atomic mass is 35.5. The maximum Gasteiger partial charge on any atom is 0.246 e. The molecule has 1 heterocycles. The van der Waals surface area contributed by atoms with Crippen molar-refractivity contribution in [2.45, 2.75) is 26.2 Å². The first kappa shape index (κ1) is 15.1. The number of hydrogen-bond acceptors (Lipinski definition) is 3. The van der Waals surface area contributed by atoms with Crippen LogP contribution in [-0.2, 0) is 14.8 Å². The van der Waals surface area contributed by atoms with Crippen LogP contribution in [0.1, 0.15) is 24.8 Å². The van der Waals surface area contributed by atoms with Crippen molar-refractivity contribution < 1.29 is 13.2 Å². The molecule has 1 amide bonds. The van der Waals surface area contributed by atoms with E-state index in [0.29, 0.717) is 18.7 Å². The van der Waals surface area contributed by atoms with Crippen molar-refractivity contribution in [2.24, 2.45) is 0 Å². The second-order valence-electron chi connectivity index (χ2n) is 4.83. The Morgan fingerprint density at radius 1 is 1.35 bits per heavy atom. The summed E-state index contributed by atoms with van der Waals surface area (Å²) >= 11 is 5.37. The average Bonchev–Trinajstić information content (AvgIpc) is 2.42. The molecule has 1 aliphatic heterocycles. The highest BCUT2D eigenvalue weighted by Gasteiger charge is 2.21. The Balaban J connectivity index is 2.31. The maximum atomic E-state index is 12.0. The number of carbonyl (C=O) groups excluding carboxylic acids is 1. The number of hydrogen-bond donors (Lipinski definition) is 1. The van der Waals surface area contributed by atoms with Crippen LogP contribution in [0.4, 0.5) is 11.4 Å². The molecule has 1 saturated heterocycles. The third kappa shape index (κ3) is 3.43. The van der Waals surface area contributed by atoms with Crippen LogP contribution in [0.2, 0.25) is 0 Å². The van der Waals surface area contributed by atoms with Gasteiger partial charge in [0.05, 0.1) is 5.69 Å². The van der Waals surface area contributed by atoms with E-state index in [1.54, 1.807) is 23.1 Å². The topological polar surface area (TPSA) is 66.5 Å². The molecule has 110 valence electrons. The zero-order valence-electron chi connectivity index (χ0n) is 11.2. The first-order valence-corrected chi connectivity index (χ1v) is 8.59. The van der Waals surface area contributed by atoms with E-state index >= 15 is 0 Å². The Kier molecular flexibility index (Phi) is 4.55. The quantitative estimate of drug-likeness (QED) is 0.868. The summed E-state index contributed by atoms with van der Waals surface area (Å²) in [7, 11) is -3.53. The fourth-order valence-corrected chi connectivity index (χ4v) is 2.94. The second kappa shape index (κ2) is 6.01. The number of piperidine rings is 1. The third-order valence-corrected chi connectivity index (χ3v) is 4.94. The van der Waals surface area contributed by atoms with Gasteiger partial charge >= 0.3 is 0 Å². The summed E-state index contributed by atoms with van der Waals surface area (Å²) < 4.78 is 25.4. The Labute approximate surface area is 124 Å². The molecule has 0 radical (unpaired) electrons. The number of aryl methyl sites for hydroxylation is 1. The Hall–Kier alpha value is -1.27. The number of benzene rings is 1. The highest BCUT2D eigenvalue weighted by molar-refractivity contribution is 7.93. The molecule has 0 bridgehead atoms. The minimum Gasteiger partial charge on any atom is -0.312 e. The van der Waals surface area contributed by atoms with Crippen LogP contribution in [0.3, 0.4) is 0 Å². The van der Waals surface area contributed by atoms with Gasteiger partial charge in [0.25, 0.3) is 0 Å². The fraction of sp³-hybridized carbons (Fsp3) is 0.462. The van der Waals surface area contributed by atoms with E-state index in [9.17, 15) is 13.2 Å². The van der Waals surface area contributed by atoms with E-state index in [0.717, 1.165) is 24.1 Å². The minimum absolute atomic E-state index is 0.0803. The van der Waals surface area contributed by atoms with Crippen LogP contribution in [-0.4, -0.2) is 26.1 Å². The summed E-state index contributed by atoms with van der Waals surface area (Å²) in [5, 5.41) is -0.501. The van der Waals surface area contributed by atoms with E-state index < -0.39 is 15.2 Å². The van der Waals surface area contributed by atoms with Gasteiger partial charge in [0.1, 0.15) is 5.21 Å². The smallest absolute Gasteiger partial charge is 0.246 e. The summed E-state index contributed by atoms with van der Waals surface area (Å²) in [6.07, 6.45) is 2.41. The van der Waals surface area contributed by atoms with Gasteiger partial charge in [-0.15, -0.1) is 11.6 Å². The molecule has 1 fully saturated rings. The summed E-state index contributed by atoms with van der Waals surface area (Å²) in [5.74, 6) is 0.0803. The molecule has 1 aromatic rings. The van der Waals surface area contributed by atoms with E-state index in [4.69, 9.17) is 11.6 Å². The van der Waals surface area contributed by atoms with Crippen LogP contribution in [0, 0.1) is 6.92 Å². The van der Waals surface area contributed by atoms with Crippen LogP contribution in [0.15, 0.2) is 18.2 Å². The normalized spacial score (nSPS) is 16.3. The number of alkyl halides is 1. The molecule has 7 heteroatoms. The predicted molar refractivity (Wildman–Crippen MR) is 80.6 cm³/mol. The molecule has 0 unspecified atom stereocenters. The van der Waals surface area contributed by atoms with Crippen molar-refractivity contribution in [3.8, 4) is 0 Å². The first-order valence-electron chi connectivity index (χ1n) is 6.40. The zero-order valence-corrected chi connectivity index (χ0v) is 12.8. The monoisotopic (exact) mass is 316 g/mol. The Bertz CT molecular complexity index is 616. The van der Waals surface area contributed by atoms with Gasteiger partial charge < -0.3 is 4.90 Å². The van der Waals surface area contributed by atoms with E-state index in [1.165, 1.54) is 0 Å². The lowest BCUT2D eigenvalue weighted by atomic mass is 10.1. The number of halogens is 1. The van der Waals surface area contributed by atoms with E-state index in [1.807, 2.05) is 6.92 Å². The molecule has 0 saturated carbocycles. The molecule has 0 aliphatic carbocycles. The molecular weight excluding hydrogens is 300 g/mol. The molecule has 0 aromatic heterocycles. The minimum atomic E-state index is -3.53. The summed E-state index contributed by atoms with van der Waals surface area (Å²) in [6.45, 7) is 2.57. The Morgan fingerprint density at radius 3 is 2.75 bits per heavy atom. The standard InChI is InChI=1S/C13H17ClN2O3S/c1-10-5-6-11(15-20(18,19)9-14)8-12(10)16-7-3-2-4-13(16)17/h5-6,8,15H,2-4,7,9H2,1H3. The van der Waals surface area contributed by atoms with E-state index in [-0.39, 0.29) is 5.91 Å². The van der Waals surface area contributed by atoms with E-state index in [2.05, 4.69) is 4.72 Å².